The van der Waals surface area contributed by atoms with Gasteiger partial charge in [0.1, 0.15) is 12.1 Å². The molecular weight excluding hydrogens is 785 g/mol. The average Bonchev–Trinajstić information content (AvgIpc) is 4.05. The van der Waals surface area contributed by atoms with Crippen LogP contribution in [-0.4, -0.2) is 89.4 Å². The second-order valence-electron chi connectivity index (χ2n) is 18.1. The summed E-state index contributed by atoms with van der Waals surface area (Å²) in [6.07, 6.45) is 7.83. The van der Waals surface area contributed by atoms with Gasteiger partial charge in [0.05, 0.1) is 31.8 Å². The highest BCUT2D eigenvalue weighted by Gasteiger charge is 2.48. The molecule has 3 fully saturated rings. The topological polar surface area (TPSA) is 162 Å². The zero-order valence-electron chi connectivity index (χ0n) is 36.5. The van der Waals surface area contributed by atoms with Crippen LogP contribution >= 0.6 is 0 Å². The summed E-state index contributed by atoms with van der Waals surface area (Å²) in [5.74, 6) is -0.194. The van der Waals surface area contributed by atoms with Gasteiger partial charge in [0, 0.05) is 48.1 Å². The first kappa shape index (κ1) is 42.7. The van der Waals surface area contributed by atoms with Crippen LogP contribution in [0.4, 0.5) is 9.59 Å². The van der Waals surface area contributed by atoms with Gasteiger partial charge in [-0.3, -0.25) is 19.4 Å². The Kier molecular flexibility index (Phi) is 12.2. The van der Waals surface area contributed by atoms with Crippen molar-refractivity contribution in [2.24, 2.45) is 22.7 Å². The van der Waals surface area contributed by atoms with Crippen LogP contribution in [0.15, 0.2) is 76.7 Å². The van der Waals surface area contributed by atoms with Gasteiger partial charge < -0.3 is 34.9 Å². The number of hydrogen-bond donors (Lipinski definition) is 3. The molecule has 1 saturated carbocycles. The van der Waals surface area contributed by atoms with Crippen LogP contribution in [0, 0.1) is 17.8 Å². The molecule has 1 aromatic heterocycles. The summed E-state index contributed by atoms with van der Waals surface area (Å²) in [7, 11) is 2.59. The number of aromatic amines is 1. The van der Waals surface area contributed by atoms with E-state index in [1.807, 2.05) is 61.9 Å². The van der Waals surface area contributed by atoms with E-state index in [9.17, 15) is 24.0 Å². The highest BCUT2D eigenvalue weighted by molar-refractivity contribution is 6.04. The largest absolute Gasteiger partial charge is 0.453 e. The van der Waals surface area contributed by atoms with Crippen molar-refractivity contribution in [3.05, 3.63) is 88.3 Å². The van der Waals surface area contributed by atoms with E-state index in [0.29, 0.717) is 35.5 Å². The summed E-state index contributed by atoms with van der Waals surface area (Å²) in [5, 5.41) is 8.23. The van der Waals surface area contributed by atoms with Crippen molar-refractivity contribution in [1.82, 2.24) is 25.4 Å². The predicted molar refractivity (Wildman–Crippen MR) is 241 cm³/mol. The summed E-state index contributed by atoms with van der Waals surface area (Å²) in [4.78, 5) is 78.4. The summed E-state index contributed by atoms with van der Waals surface area (Å²) < 4.78 is 9.67. The minimum Gasteiger partial charge on any atom is -0.453 e. The molecular formula is C49H58N6O7. The lowest BCUT2D eigenvalue weighted by Gasteiger charge is -2.37. The standard InChI is InChI=1S/C49H58N6O7/c1-27(2)44(52-48(59)61-5)46(57)54-19-9-12-41(54)38-23-35(26-50-38)32-16-15-29-20-31(14-13-30(29)21-32)33-17-18-36-37(22-33)51-39(25-43(36)56)42-24-34-10-7-8-11-40(34)55(42)47(58)45(28(3)4)53-49(60)62-6/h13-18,20-22,25-28,34,40-42,44-45H,7-12,19,23-24H2,1-6H3,(H,51,56)(H,52,59)(H,53,60)/t34-,40-,41-,42-,44-,45-/m0/s1. The molecule has 13 heteroatoms. The number of allylic oxidation sites excluding steroid dienone is 1. The van der Waals surface area contributed by atoms with E-state index in [4.69, 9.17) is 14.5 Å². The third-order valence-electron chi connectivity index (χ3n) is 13.6. The zero-order valence-corrected chi connectivity index (χ0v) is 36.5. The maximum Gasteiger partial charge on any atom is 0.407 e. The van der Waals surface area contributed by atoms with E-state index in [2.05, 4.69) is 52.0 Å². The molecule has 6 atom stereocenters. The van der Waals surface area contributed by atoms with Crippen molar-refractivity contribution in [1.29, 1.82) is 0 Å². The van der Waals surface area contributed by atoms with E-state index in [0.717, 1.165) is 83.7 Å². The number of amides is 4. The third-order valence-corrected chi connectivity index (χ3v) is 13.6. The van der Waals surface area contributed by atoms with E-state index in [-0.39, 0.29) is 47.2 Å². The van der Waals surface area contributed by atoms with Gasteiger partial charge in [-0.05, 0) is 107 Å². The van der Waals surface area contributed by atoms with Crippen molar-refractivity contribution in [3.63, 3.8) is 0 Å². The monoisotopic (exact) mass is 842 g/mol. The van der Waals surface area contributed by atoms with Crippen molar-refractivity contribution in [2.45, 2.75) is 109 Å². The predicted octanol–water partition coefficient (Wildman–Crippen LogP) is 8.12. The van der Waals surface area contributed by atoms with Crippen molar-refractivity contribution in [2.75, 3.05) is 20.8 Å². The number of nitrogens with one attached hydrogen (secondary N) is 3. The molecule has 326 valence electrons. The van der Waals surface area contributed by atoms with Gasteiger partial charge in [-0.25, -0.2) is 9.59 Å². The van der Waals surface area contributed by atoms with Gasteiger partial charge in [-0.15, -0.1) is 0 Å². The lowest BCUT2D eigenvalue weighted by molar-refractivity contribution is -0.138. The number of alkyl carbamates (subject to hydrolysis) is 2. The Morgan fingerprint density at radius 1 is 0.742 bits per heavy atom. The Balaban J connectivity index is 1.01. The zero-order chi connectivity index (χ0) is 43.8. The van der Waals surface area contributed by atoms with Crippen molar-refractivity contribution < 1.29 is 28.7 Å². The highest BCUT2D eigenvalue weighted by Crippen LogP contribution is 2.46. The number of ether oxygens (including phenoxy) is 2. The van der Waals surface area contributed by atoms with E-state index >= 15 is 0 Å². The number of carbonyl (C=O) groups excluding carboxylic acids is 4. The molecule has 0 spiro atoms. The Morgan fingerprint density at radius 3 is 2.06 bits per heavy atom. The van der Waals surface area contributed by atoms with Crippen molar-refractivity contribution in [3.8, 4) is 11.1 Å². The maximum absolute atomic E-state index is 14.4. The second kappa shape index (κ2) is 17.8. The summed E-state index contributed by atoms with van der Waals surface area (Å²) in [6, 6.07) is 18.5. The Morgan fingerprint density at radius 2 is 1.37 bits per heavy atom. The minimum absolute atomic E-state index is 0.0410. The van der Waals surface area contributed by atoms with Gasteiger partial charge >= 0.3 is 12.2 Å². The molecule has 4 aliphatic rings. The van der Waals surface area contributed by atoms with Crippen molar-refractivity contribution >= 4 is 57.0 Å². The molecule has 4 amide bonds. The molecule has 8 rings (SSSR count). The Hall–Kier alpha value is -5.98. The second-order valence-corrected chi connectivity index (χ2v) is 18.1. The molecule has 4 aromatic rings. The number of methoxy groups -OCH3 is 2. The smallest absolute Gasteiger partial charge is 0.407 e. The number of likely N-dealkylation sites (tertiary alicyclic amines) is 2. The van der Waals surface area contributed by atoms with Crippen LogP contribution in [0.2, 0.25) is 0 Å². The highest BCUT2D eigenvalue weighted by atomic mass is 16.5. The van der Waals surface area contributed by atoms with E-state index in [1.165, 1.54) is 14.2 Å². The first-order valence-electron chi connectivity index (χ1n) is 22.1. The van der Waals surface area contributed by atoms with Gasteiger partial charge in [-0.1, -0.05) is 70.9 Å². The molecule has 3 aromatic carbocycles. The Labute approximate surface area is 362 Å². The fourth-order valence-corrected chi connectivity index (χ4v) is 10.3. The maximum atomic E-state index is 14.4. The van der Waals surface area contributed by atoms with Crippen LogP contribution in [0.3, 0.4) is 0 Å². The lowest BCUT2D eigenvalue weighted by Crippen LogP contribution is -2.53. The fraction of sp³-hybridized carbons (Fsp3) is 0.469. The van der Waals surface area contributed by atoms with Crippen LogP contribution in [0.25, 0.3) is 38.4 Å². The molecule has 0 radical (unpaired) electrons. The van der Waals surface area contributed by atoms with Crippen LogP contribution in [-0.2, 0) is 19.1 Å². The van der Waals surface area contributed by atoms with E-state index < -0.39 is 24.3 Å². The molecule has 0 bridgehead atoms. The summed E-state index contributed by atoms with van der Waals surface area (Å²) in [6.45, 7) is 8.28. The number of fused-ring (bicyclic) bond motifs is 3. The first-order chi connectivity index (χ1) is 29.8. The number of pyridine rings is 1. The third kappa shape index (κ3) is 8.33. The number of H-pyrrole nitrogens is 1. The van der Waals surface area contributed by atoms with Gasteiger partial charge in [0.25, 0.3) is 0 Å². The summed E-state index contributed by atoms with van der Waals surface area (Å²) in [5.41, 5.74) is 6.41. The number of nitrogens with zero attached hydrogens (tertiary/aromatic N) is 3. The SMILES string of the molecule is COC(=O)N[C@H](C(=O)N1CCC[C@H]1C1=NC=C(c2ccc3cc(-c4ccc5c(=O)cc([C@@H]6C[C@@H]7CCCC[C@@H]7N6C(=O)[C@@H](NC(=O)OC)C(C)C)[nH]c5c4)ccc3c2)C1)C(C)C. The Bertz CT molecular complexity index is 2530. The van der Waals surface area contributed by atoms with Gasteiger partial charge in [0.15, 0.2) is 5.43 Å². The molecule has 4 heterocycles. The van der Waals surface area contributed by atoms with Gasteiger partial charge in [-0.2, -0.15) is 0 Å². The molecule has 3 aliphatic heterocycles. The number of aliphatic imine (C=N–C) groups is 1. The lowest BCUT2D eigenvalue weighted by atomic mass is 9.84. The van der Waals surface area contributed by atoms with E-state index in [1.54, 1.807) is 6.07 Å². The number of aromatic nitrogens is 1. The number of benzene rings is 3. The first-order valence-corrected chi connectivity index (χ1v) is 22.1. The summed E-state index contributed by atoms with van der Waals surface area (Å²) >= 11 is 0. The van der Waals surface area contributed by atoms with Crippen LogP contribution in [0.5, 0.6) is 0 Å². The van der Waals surface area contributed by atoms with Crippen LogP contribution < -0.4 is 16.1 Å². The molecule has 2 saturated heterocycles. The fourth-order valence-electron chi connectivity index (χ4n) is 10.3. The minimum atomic E-state index is -0.754. The quantitative estimate of drug-likeness (QED) is 0.145. The number of carbonyl (C=O) groups is 4. The molecule has 62 heavy (non-hydrogen) atoms. The molecule has 13 nitrogen and oxygen atoms in total. The molecule has 0 unspecified atom stereocenters. The van der Waals surface area contributed by atoms with Gasteiger partial charge in [0.2, 0.25) is 11.8 Å². The number of rotatable bonds is 10. The molecule has 1 aliphatic carbocycles. The molecule has 3 N–H and O–H groups in total. The normalized spacial score (nSPS) is 22.1. The average molecular weight is 843 g/mol. The van der Waals surface area contributed by atoms with Crippen LogP contribution in [0.1, 0.15) is 96.4 Å². The number of hydrogen-bond acceptors (Lipinski definition) is 8.